The maximum absolute atomic E-state index is 5.20. The molecule has 0 fully saturated rings. The standard InChI is InChI=1S/C42H27N3/c1-5-15-31-27(11-1)25-28-12-2-6-16-32(28)41(31)39-21-9-19-35(44-39)37-23-24-38(43-37)36-20-10-22-40(45-36)42-33-17-7-3-13-29(33)26-30-14-4-8-18-34(30)42/h1-26,43H. The summed E-state index contributed by atoms with van der Waals surface area (Å²) in [5.74, 6) is 0. The lowest BCUT2D eigenvalue weighted by Crippen LogP contribution is -1.92. The zero-order chi connectivity index (χ0) is 29.7. The van der Waals surface area contributed by atoms with E-state index in [1.54, 1.807) is 0 Å². The second-order valence-corrected chi connectivity index (χ2v) is 11.5. The van der Waals surface area contributed by atoms with Crippen molar-refractivity contribution < 1.29 is 0 Å². The first kappa shape index (κ1) is 25.4. The topological polar surface area (TPSA) is 41.6 Å². The minimum Gasteiger partial charge on any atom is -0.352 e. The van der Waals surface area contributed by atoms with E-state index in [2.05, 4.69) is 163 Å². The Labute approximate surface area is 260 Å². The van der Waals surface area contributed by atoms with Crippen molar-refractivity contribution in [2.24, 2.45) is 0 Å². The summed E-state index contributed by atoms with van der Waals surface area (Å²) in [6.07, 6.45) is 0. The van der Waals surface area contributed by atoms with Gasteiger partial charge in [0.1, 0.15) is 0 Å². The molecule has 3 aromatic heterocycles. The molecule has 3 heteroatoms. The first-order chi connectivity index (χ1) is 22.3. The molecule has 0 atom stereocenters. The number of hydrogen-bond donors (Lipinski definition) is 1. The van der Waals surface area contributed by atoms with Gasteiger partial charge in [-0.05, 0) is 91.6 Å². The molecule has 45 heavy (non-hydrogen) atoms. The van der Waals surface area contributed by atoms with Crippen molar-refractivity contribution >= 4 is 43.1 Å². The SMILES string of the molecule is c1cc(-c2ccc(-c3cccc(-c4c5ccccc5cc5ccccc45)n3)[nH]2)nc(-c2c3ccccc3cc3ccccc23)c1. The van der Waals surface area contributed by atoms with Gasteiger partial charge in [-0.1, -0.05) is 109 Å². The van der Waals surface area contributed by atoms with Crippen molar-refractivity contribution in [1.29, 1.82) is 0 Å². The van der Waals surface area contributed by atoms with E-state index in [0.717, 1.165) is 45.3 Å². The molecule has 0 amide bonds. The normalized spacial score (nSPS) is 11.6. The largest absolute Gasteiger partial charge is 0.352 e. The molecule has 0 aliphatic carbocycles. The zero-order valence-corrected chi connectivity index (χ0v) is 24.4. The Hall–Kier alpha value is -6.06. The summed E-state index contributed by atoms with van der Waals surface area (Å²) in [5, 5.41) is 9.67. The molecule has 0 spiro atoms. The van der Waals surface area contributed by atoms with Gasteiger partial charge in [0.25, 0.3) is 0 Å². The number of aromatic amines is 1. The molecule has 0 bridgehead atoms. The molecule has 0 radical (unpaired) electrons. The molecule has 3 nitrogen and oxygen atoms in total. The van der Waals surface area contributed by atoms with Gasteiger partial charge in [0.15, 0.2) is 0 Å². The van der Waals surface area contributed by atoms with Crippen molar-refractivity contribution in [3.63, 3.8) is 0 Å². The van der Waals surface area contributed by atoms with Crippen LogP contribution in [-0.4, -0.2) is 15.0 Å². The van der Waals surface area contributed by atoms with E-state index < -0.39 is 0 Å². The Morgan fingerprint density at radius 2 is 0.644 bits per heavy atom. The van der Waals surface area contributed by atoms with Crippen LogP contribution >= 0.6 is 0 Å². The maximum atomic E-state index is 5.20. The smallest absolute Gasteiger partial charge is 0.0872 e. The fraction of sp³-hybridized carbons (Fsp3) is 0. The summed E-state index contributed by atoms with van der Waals surface area (Å²) >= 11 is 0. The van der Waals surface area contributed by atoms with Gasteiger partial charge in [-0.2, -0.15) is 0 Å². The Balaban J connectivity index is 1.14. The molecule has 0 aliphatic heterocycles. The third kappa shape index (κ3) is 4.29. The van der Waals surface area contributed by atoms with Crippen LogP contribution in [0.1, 0.15) is 0 Å². The number of benzene rings is 6. The number of hydrogen-bond acceptors (Lipinski definition) is 2. The highest BCUT2D eigenvalue weighted by Crippen LogP contribution is 2.38. The van der Waals surface area contributed by atoms with Crippen LogP contribution in [0.15, 0.2) is 158 Å². The van der Waals surface area contributed by atoms with E-state index in [9.17, 15) is 0 Å². The highest BCUT2D eigenvalue weighted by Gasteiger charge is 2.15. The van der Waals surface area contributed by atoms with Crippen LogP contribution < -0.4 is 0 Å². The molecule has 0 unspecified atom stereocenters. The minimum absolute atomic E-state index is 0.895. The number of rotatable bonds is 4. The number of fused-ring (bicyclic) bond motifs is 4. The molecule has 0 aliphatic rings. The van der Waals surface area contributed by atoms with Gasteiger partial charge >= 0.3 is 0 Å². The Morgan fingerprint density at radius 3 is 1.02 bits per heavy atom. The van der Waals surface area contributed by atoms with Crippen molar-refractivity contribution in [3.8, 4) is 45.3 Å². The van der Waals surface area contributed by atoms with Crippen molar-refractivity contribution in [1.82, 2.24) is 15.0 Å². The average Bonchev–Trinajstić information content (AvgIpc) is 3.60. The number of pyridine rings is 2. The van der Waals surface area contributed by atoms with Gasteiger partial charge in [-0.3, -0.25) is 0 Å². The van der Waals surface area contributed by atoms with Gasteiger partial charge in [-0.15, -0.1) is 0 Å². The van der Waals surface area contributed by atoms with Crippen LogP contribution in [0.4, 0.5) is 0 Å². The molecule has 6 aromatic carbocycles. The molecule has 3 heterocycles. The molecule has 1 N–H and O–H groups in total. The van der Waals surface area contributed by atoms with Crippen molar-refractivity contribution in [2.45, 2.75) is 0 Å². The Kier molecular flexibility index (Phi) is 5.82. The van der Waals surface area contributed by atoms with Gasteiger partial charge in [0.05, 0.1) is 34.2 Å². The molecular weight excluding hydrogens is 546 g/mol. The predicted octanol–water partition coefficient (Wildman–Crippen LogP) is 11.1. The van der Waals surface area contributed by atoms with E-state index in [1.807, 2.05) is 0 Å². The first-order valence-electron chi connectivity index (χ1n) is 15.3. The third-order valence-electron chi connectivity index (χ3n) is 8.79. The third-order valence-corrected chi connectivity index (χ3v) is 8.79. The average molecular weight is 574 g/mol. The molecule has 9 aromatic rings. The van der Waals surface area contributed by atoms with Crippen LogP contribution in [0.2, 0.25) is 0 Å². The minimum atomic E-state index is 0.895. The maximum Gasteiger partial charge on any atom is 0.0872 e. The number of H-pyrrole nitrogens is 1. The number of nitrogens with zero attached hydrogens (tertiary/aromatic N) is 2. The van der Waals surface area contributed by atoms with Crippen molar-refractivity contribution in [3.05, 3.63) is 158 Å². The van der Waals surface area contributed by atoms with Crippen LogP contribution in [0, 0.1) is 0 Å². The van der Waals surface area contributed by atoms with E-state index >= 15 is 0 Å². The fourth-order valence-corrected chi connectivity index (χ4v) is 6.72. The van der Waals surface area contributed by atoms with Crippen LogP contribution in [0.5, 0.6) is 0 Å². The molecular formula is C42H27N3. The van der Waals surface area contributed by atoms with Gasteiger partial charge < -0.3 is 4.98 Å². The van der Waals surface area contributed by atoms with Crippen LogP contribution in [-0.2, 0) is 0 Å². The summed E-state index contributed by atoms with van der Waals surface area (Å²) in [6.45, 7) is 0. The van der Waals surface area contributed by atoms with Crippen LogP contribution in [0.25, 0.3) is 88.4 Å². The number of aromatic nitrogens is 3. The summed E-state index contributed by atoms with van der Waals surface area (Å²) in [6, 6.07) is 55.5. The molecule has 9 rings (SSSR count). The van der Waals surface area contributed by atoms with E-state index in [1.165, 1.54) is 43.1 Å². The zero-order valence-electron chi connectivity index (χ0n) is 24.4. The summed E-state index contributed by atoms with van der Waals surface area (Å²) in [7, 11) is 0. The van der Waals surface area contributed by atoms with E-state index in [0.29, 0.717) is 0 Å². The first-order valence-corrected chi connectivity index (χ1v) is 15.3. The number of nitrogens with one attached hydrogen (secondary N) is 1. The second-order valence-electron chi connectivity index (χ2n) is 11.5. The van der Waals surface area contributed by atoms with Gasteiger partial charge in [-0.25, -0.2) is 9.97 Å². The van der Waals surface area contributed by atoms with Crippen LogP contribution in [0.3, 0.4) is 0 Å². The highest BCUT2D eigenvalue weighted by atomic mass is 14.8. The summed E-state index contributed by atoms with van der Waals surface area (Å²) in [5.41, 5.74) is 7.94. The van der Waals surface area contributed by atoms with Gasteiger partial charge in [0.2, 0.25) is 0 Å². The van der Waals surface area contributed by atoms with E-state index in [-0.39, 0.29) is 0 Å². The summed E-state index contributed by atoms with van der Waals surface area (Å²) in [4.78, 5) is 14.0. The molecule has 0 saturated carbocycles. The van der Waals surface area contributed by atoms with Crippen molar-refractivity contribution in [2.75, 3.05) is 0 Å². The Bertz CT molecular complexity index is 2270. The van der Waals surface area contributed by atoms with E-state index in [4.69, 9.17) is 9.97 Å². The summed E-state index contributed by atoms with van der Waals surface area (Å²) < 4.78 is 0. The molecule has 0 saturated heterocycles. The van der Waals surface area contributed by atoms with Gasteiger partial charge in [0, 0.05) is 11.1 Å². The lowest BCUT2D eigenvalue weighted by Gasteiger charge is -2.12. The quantitative estimate of drug-likeness (QED) is 0.213. The lowest BCUT2D eigenvalue weighted by atomic mass is 9.94. The predicted molar refractivity (Wildman–Crippen MR) is 188 cm³/mol. The second kappa shape index (κ2) is 10.3. The fourth-order valence-electron chi connectivity index (χ4n) is 6.72. The Morgan fingerprint density at radius 1 is 0.311 bits per heavy atom. The molecule has 210 valence electrons. The lowest BCUT2D eigenvalue weighted by molar-refractivity contribution is 1.26. The monoisotopic (exact) mass is 573 g/mol. The highest BCUT2D eigenvalue weighted by molar-refractivity contribution is 6.13.